The topological polar surface area (TPSA) is 100 Å². The summed E-state index contributed by atoms with van der Waals surface area (Å²) in [5.41, 5.74) is 0. The van der Waals surface area contributed by atoms with Crippen molar-refractivity contribution in [2.24, 2.45) is 0 Å². The number of unbranched alkanes of at least 4 members (excludes halogenated alkanes) is 5. The van der Waals surface area contributed by atoms with E-state index < -0.39 is 0 Å². The third-order valence-electron chi connectivity index (χ3n) is 5.22. The van der Waals surface area contributed by atoms with Gasteiger partial charge in [-0.25, -0.2) is 0 Å². The molecule has 0 N–H and O–H groups in total. The number of hydrogen-bond donors (Lipinski definition) is 0. The highest BCUT2D eigenvalue weighted by Crippen LogP contribution is 2.00. The summed E-state index contributed by atoms with van der Waals surface area (Å²) in [5.74, 6) is -0.153. The number of ether oxygens (including phenoxy) is 9. The lowest BCUT2D eigenvalue weighted by Crippen LogP contribution is -2.15. The number of carbonyl (C=O) groups excluding carboxylic acids is 1. The Labute approximate surface area is 231 Å². The normalized spacial score (nSPS) is 11.3. The predicted molar refractivity (Wildman–Crippen MR) is 146 cm³/mol. The molecule has 10 nitrogen and oxygen atoms in total. The lowest BCUT2D eigenvalue weighted by molar-refractivity contribution is -0.145. The third-order valence-corrected chi connectivity index (χ3v) is 5.22. The largest absolute Gasteiger partial charge is 0.463 e. The fourth-order valence-corrected chi connectivity index (χ4v) is 3.08. The van der Waals surface area contributed by atoms with Crippen molar-refractivity contribution in [3.05, 3.63) is 0 Å². The summed E-state index contributed by atoms with van der Waals surface area (Å²) >= 11 is 0. The lowest BCUT2D eigenvalue weighted by Gasteiger charge is -2.09. The molecule has 228 valence electrons. The van der Waals surface area contributed by atoms with E-state index in [-0.39, 0.29) is 12.6 Å². The Bertz CT molecular complexity index is 453. The minimum absolute atomic E-state index is 0.153. The van der Waals surface area contributed by atoms with Gasteiger partial charge in [0.25, 0.3) is 0 Å². The zero-order chi connectivity index (χ0) is 27.6. The van der Waals surface area contributed by atoms with Crippen LogP contribution in [-0.4, -0.2) is 118 Å². The highest BCUT2D eigenvalue weighted by molar-refractivity contribution is 5.69. The Balaban J connectivity index is 3.06. The van der Waals surface area contributed by atoms with Crippen molar-refractivity contribution in [3.8, 4) is 0 Å². The Morgan fingerprint density at radius 1 is 0.368 bits per heavy atom. The first-order valence-electron chi connectivity index (χ1n) is 14.6. The van der Waals surface area contributed by atoms with Crippen molar-refractivity contribution in [1.29, 1.82) is 0 Å². The van der Waals surface area contributed by atoms with Gasteiger partial charge < -0.3 is 42.6 Å². The molecule has 0 atom stereocenters. The Kier molecular flexibility index (Phi) is 33.4. The van der Waals surface area contributed by atoms with E-state index in [0.717, 1.165) is 32.3 Å². The van der Waals surface area contributed by atoms with Crippen molar-refractivity contribution in [3.63, 3.8) is 0 Å². The molecule has 0 spiro atoms. The second kappa shape index (κ2) is 34.2. The molecule has 0 saturated carbocycles. The van der Waals surface area contributed by atoms with Crippen molar-refractivity contribution < 1.29 is 47.4 Å². The van der Waals surface area contributed by atoms with E-state index in [4.69, 9.17) is 42.6 Å². The van der Waals surface area contributed by atoms with Crippen LogP contribution in [0.15, 0.2) is 0 Å². The van der Waals surface area contributed by atoms with Crippen molar-refractivity contribution in [2.45, 2.75) is 65.2 Å². The summed E-state index contributed by atoms with van der Waals surface area (Å²) in [4.78, 5) is 11.4. The Morgan fingerprint density at radius 3 is 1.05 bits per heavy atom. The molecule has 0 bridgehead atoms. The molecule has 38 heavy (non-hydrogen) atoms. The van der Waals surface area contributed by atoms with E-state index >= 15 is 0 Å². The lowest BCUT2D eigenvalue weighted by atomic mass is 10.2. The first-order chi connectivity index (χ1) is 18.8. The van der Waals surface area contributed by atoms with Crippen LogP contribution in [0.2, 0.25) is 0 Å². The van der Waals surface area contributed by atoms with E-state index in [1.165, 1.54) is 19.3 Å². The number of carbonyl (C=O) groups is 1. The van der Waals surface area contributed by atoms with Crippen LogP contribution in [0.25, 0.3) is 0 Å². The Hall–Kier alpha value is -0.850. The molecule has 0 saturated heterocycles. The number of esters is 1. The second-order valence-corrected chi connectivity index (χ2v) is 8.64. The van der Waals surface area contributed by atoms with Gasteiger partial charge in [0, 0.05) is 13.0 Å². The van der Waals surface area contributed by atoms with Crippen LogP contribution in [0, 0.1) is 0 Å². The maximum Gasteiger partial charge on any atom is 0.305 e. The molecule has 0 aromatic rings. The molecule has 10 heteroatoms. The second-order valence-electron chi connectivity index (χ2n) is 8.64. The number of hydrogen-bond acceptors (Lipinski definition) is 10. The van der Waals surface area contributed by atoms with Gasteiger partial charge in [-0.1, -0.05) is 46.0 Å². The SMILES string of the molecule is CCCCCCOCCOCCOCCOCCOCCOCCOCCOCCOC(=O)CCCCC. The molecule has 0 unspecified atom stereocenters. The van der Waals surface area contributed by atoms with Crippen LogP contribution in [0.3, 0.4) is 0 Å². The highest BCUT2D eigenvalue weighted by atomic mass is 16.6. The van der Waals surface area contributed by atoms with E-state index in [9.17, 15) is 4.79 Å². The fourth-order valence-electron chi connectivity index (χ4n) is 3.08. The van der Waals surface area contributed by atoms with Gasteiger partial charge in [-0.15, -0.1) is 0 Å². The molecule has 0 aromatic heterocycles. The van der Waals surface area contributed by atoms with Crippen molar-refractivity contribution >= 4 is 5.97 Å². The Morgan fingerprint density at radius 2 is 0.684 bits per heavy atom. The summed E-state index contributed by atoms with van der Waals surface area (Å²) in [7, 11) is 0. The van der Waals surface area contributed by atoms with E-state index in [0.29, 0.717) is 106 Å². The van der Waals surface area contributed by atoms with Crippen LogP contribution < -0.4 is 0 Å². The van der Waals surface area contributed by atoms with Gasteiger partial charge in [0.2, 0.25) is 0 Å². The van der Waals surface area contributed by atoms with Gasteiger partial charge in [0.15, 0.2) is 0 Å². The molecule has 0 aliphatic rings. The number of rotatable bonds is 33. The average Bonchev–Trinajstić information content (AvgIpc) is 2.92. The smallest absolute Gasteiger partial charge is 0.305 e. The van der Waals surface area contributed by atoms with E-state index in [2.05, 4.69) is 13.8 Å². The molecule has 0 amide bonds. The molecule has 0 radical (unpaired) electrons. The molecule has 0 aliphatic carbocycles. The third kappa shape index (κ3) is 33.2. The quantitative estimate of drug-likeness (QED) is 0.0882. The standard InChI is InChI=1S/C28H56O10/c1-3-5-7-9-11-30-12-13-31-14-15-32-16-17-33-18-19-34-20-21-35-22-23-36-24-25-37-26-27-38-28(29)10-8-6-4-2/h3-27H2,1-2H3. The highest BCUT2D eigenvalue weighted by Gasteiger charge is 2.01. The molecule has 0 aromatic carbocycles. The zero-order valence-corrected chi connectivity index (χ0v) is 24.3. The minimum Gasteiger partial charge on any atom is -0.463 e. The zero-order valence-electron chi connectivity index (χ0n) is 24.3. The van der Waals surface area contributed by atoms with Crippen LogP contribution in [0.5, 0.6) is 0 Å². The van der Waals surface area contributed by atoms with Gasteiger partial charge in [-0.2, -0.15) is 0 Å². The first kappa shape index (κ1) is 37.1. The molecule has 0 heterocycles. The van der Waals surface area contributed by atoms with Crippen LogP contribution in [0.1, 0.15) is 65.2 Å². The van der Waals surface area contributed by atoms with Crippen LogP contribution in [0.4, 0.5) is 0 Å². The van der Waals surface area contributed by atoms with Crippen molar-refractivity contribution in [2.75, 3.05) is 112 Å². The molecular weight excluding hydrogens is 496 g/mol. The molecule has 0 fully saturated rings. The summed E-state index contributed by atoms with van der Waals surface area (Å²) in [6.45, 7) is 13.3. The average molecular weight is 553 g/mol. The summed E-state index contributed by atoms with van der Waals surface area (Å²) in [6.07, 6.45) is 8.42. The molecule has 0 rings (SSSR count). The summed E-state index contributed by atoms with van der Waals surface area (Å²) in [5, 5.41) is 0. The van der Waals surface area contributed by atoms with Gasteiger partial charge >= 0.3 is 5.97 Å². The monoisotopic (exact) mass is 552 g/mol. The molecule has 0 aliphatic heterocycles. The predicted octanol–water partition coefficient (Wildman–Crippen LogP) is 3.82. The van der Waals surface area contributed by atoms with Gasteiger partial charge in [-0.3, -0.25) is 4.79 Å². The van der Waals surface area contributed by atoms with Crippen LogP contribution in [-0.2, 0) is 47.4 Å². The summed E-state index contributed by atoms with van der Waals surface area (Å²) in [6, 6.07) is 0. The minimum atomic E-state index is -0.153. The van der Waals surface area contributed by atoms with E-state index in [1.54, 1.807) is 0 Å². The van der Waals surface area contributed by atoms with Gasteiger partial charge in [0.1, 0.15) is 6.61 Å². The maximum absolute atomic E-state index is 11.4. The van der Waals surface area contributed by atoms with Gasteiger partial charge in [0.05, 0.1) is 99.1 Å². The maximum atomic E-state index is 11.4. The van der Waals surface area contributed by atoms with E-state index in [1.807, 2.05) is 0 Å². The fraction of sp³-hybridized carbons (Fsp3) is 0.964. The first-order valence-corrected chi connectivity index (χ1v) is 14.6. The molecular formula is C28H56O10. The van der Waals surface area contributed by atoms with Gasteiger partial charge in [-0.05, 0) is 12.8 Å². The summed E-state index contributed by atoms with van der Waals surface area (Å²) < 4.78 is 48.7. The van der Waals surface area contributed by atoms with Crippen LogP contribution >= 0.6 is 0 Å². The van der Waals surface area contributed by atoms with Crippen molar-refractivity contribution in [1.82, 2.24) is 0 Å².